The predicted molar refractivity (Wildman–Crippen MR) is 102 cm³/mol. The maximum atomic E-state index is 12.8. The fourth-order valence-electron chi connectivity index (χ4n) is 3.08. The first kappa shape index (κ1) is 18.5. The Morgan fingerprint density at radius 3 is 2.58 bits per heavy atom. The van der Waals surface area contributed by atoms with Gasteiger partial charge in [0.2, 0.25) is 5.91 Å². The average molecular weight is 393 g/mol. The normalized spacial score (nSPS) is 13.9. The van der Waals surface area contributed by atoms with Gasteiger partial charge in [0.25, 0.3) is 5.91 Å². The van der Waals surface area contributed by atoms with E-state index in [2.05, 4.69) is 5.32 Å². The molecule has 136 valence electrons. The summed E-state index contributed by atoms with van der Waals surface area (Å²) in [6.07, 6.45) is 0.802. The minimum atomic E-state index is -0.728. The Morgan fingerprint density at radius 2 is 1.85 bits per heavy atom. The zero-order chi connectivity index (χ0) is 18.8. The topological polar surface area (TPSA) is 58.6 Å². The summed E-state index contributed by atoms with van der Waals surface area (Å²) >= 11 is 12.2. The first-order chi connectivity index (χ1) is 12.4. The van der Waals surface area contributed by atoms with Crippen LogP contribution in [0.2, 0.25) is 10.0 Å². The van der Waals surface area contributed by atoms with Crippen molar-refractivity contribution >= 4 is 40.7 Å². The number of nitrogens with one attached hydrogen (secondary N) is 1. The van der Waals surface area contributed by atoms with Crippen LogP contribution in [-0.2, 0) is 11.2 Å². The number of methoxy groups -OCH3 is 1. The van der Waals surface area contributed by atoms with Gasteiger partial charge >= 0.3 is 0 Å². The summed E-state index contributed by atoms with van der Waals surface area (Å²) < 4.78 is 5.19. The average Bonchev–Trinajstić information content (AvgIpc) is 3.06. The van der Waals surface area contributed by atoms with E-state index >= 15 is 0 Å². The molecule has 0 unspecified atom stereocenters. The molecule has 2 aromatic carbocycles. The molecule has 1 N–H and O–H groups in total. The lowest BCUT2D eigenvalue weighted by Gasteiger charge is -2.23. The van der Waals surface area contributed by atoms with Crippen LogP contribution < -0.4 is 15.0 Å². The van der Waals surface area contributed by atoms with Crippen LogP contribution in [0.25, 0.3) is 0 Å². The van der Waals surface area contributed by atoms with Crippen molar-refractivity contribution in [3.63, 3.8) is 0 Å². The summed E-state index contributed by atoms with van der Waals surface area (Å²) in [5.41, 5.74) is 2.12. The lowest BCUT2D eigenvalue weighted by atomic mass is 10.1. The number of carbonyl (C=O) groups excluding carboxylic acids is 2. The second-order valence-corrected chi connectivity index (χ2v) is 6.82. The fourth-order valence-corrected chi connectivity index (χ4v) is 3.55. The molecular formula is C19H18Cl2N2O3. The molecule has 2 aromatic rings. The highest BCUT2D eigenvalue weighted by molar-refractivity contribution is 6.37. The Balaban J connectivity index is 1.79. The number of hydrogen-bond donors (Lipinski definition) is 1. The van der Waals surface area contributed by atoms with Gasteiger partial charge in [-0.3, -0.25) is 9.59 Å². The highest BCUT2D eigenvalue weighted by atomic mass is 35.5. The molecule has 0 fully saturated rings. The largest absolute Gasteiger partial charge is 0.494 e. The molecule has 7 heteroatoms. The van der Waals surface area contributed by atoms with E-state index in [-0.39, 0.29) is 27.3 Å². The molecule has 5 nitrogen and oxygen atoms in total. The van der Waals surface area contributed by atoms with E-state index in [0.29, 0.717) is 6.54 Å². The molecule has 0 saturated carbocycles. The Kier molecular flexibility index (Phi) is 5.39. The summed E-state index contributed by atoms with van der Waals surface area (Å²) in [7, 11) is 1.41. The molecule has 1 heterocycles. The quantitative estimate of drug-likeness (QED) is 0.862. The maximum absolute atomic E-state index is 12.8. The van der Waals surface area contributed by atoms with E-state index in [4.69, 9.17) is 27.9 Å². The first-order valence-corrected chi connectivity index (χ1v) is 8.91. The number of nitrogens with zero attached hydrogens (tertiary/aromatic N) is 1. The van der Waals surface area contributed by atoms with Crippen molar-refractivity contribution in [1.29, 1.82) is 0 Å². The van der Waals surface area contributed by atoms with Crippen LogP contribution >= 0.6 is 23.2 Å². The summed E-state index contributed by atoms with van der Waals surface area (Å²) in [6, 6.07) is 10.1. The lowest BCUT2D eigenvalue weighted by molar-refractivity contribution is -0.119. The smallest absolute Gasteiger partial charge is 0.257 e. The SMILES string of the molecule is COc1c(Cl)ccc(Cl)c1C(=O)N[C@@H](C)C(=O)N1CCc2ccccc21. The van der Waals surface area contributed by atoms with Crippen molar-refractivity contribution in [3.05, 3.63) is 57.6 Å². The van der Waals surface area contributed by atoms with Gasteiger partial charge in [-0.15, -0.1) is 0 Å². The lowest BCUT2D eigenvalue weighted by Crippen LogP contribution is -2.46. The van der Waals surface area contributed by atoms with Crippen LogP contribution in [0, 0.1) is 0 Å². The zero-order valence-corrected chi connectivity index (χ0v) is 15.9. The standard InChI is InChI=1S/C19H18Cl2N2O3/c1-11(19(25)23-10-9-12-5-3-4-6-15(12)23)22-18(24)16-13(20)7-8-14(21)17(16)26-2/h3-8,11H,9-10H2,1-2H3,(H,22,24)/t11-/m0/s1. The van der Waals surface area contributed by atoms with E-state index in [0.717, 1.165) is 17.7 Å². The summed E-state index contributed by atoms with van der Waals surface area (Å²) in [5.74, 6) is -0.508. The molecule has 0 saturated heterocycles. The molecule has 1 aliphatic rings. The van der Waals surface area contributed by atoms with Gasteiger partial charge in [-0.25, -0.2) is 0 Å². The summed E-state index contributed by atoms with van der Waals surface area (Å²) in [6.45, 7) is 2.24. The second-order valence-electron chi connectivity index (χ2n) is 6.00. The van der Waals surface area contributed by atoms with Crippen LogP contribution in [0.3, 0.4) is 0 Å². The number of ether oxygens (including phenoxy) is 1. The van der Waals surface area contributed by atoms with Gasteiger partial charge in [-0.2, -0.15) is 0 Å². The van der Waals surface area contributed by atoms with E-state index in [1.807, 2.05) is 24.3 Å². The van der Waals surface area contributed by atoms with Gasteiger partial charge in [0.05, 0.1) is 17.2 Å². The number of carbonyl (C=O) groups is 2. The number of hydrogen-bond acceptors (Lipinski definition) is 3. The molecule has 0 spiro atoms. The number of rotatable bonds is 4. The van der Waals surface area contributed by atoms with Gasteiger partial charge < -0.3 is 15.0 Å². The monoisotopic (exact) mass is 392 g/mol. The Morgan fingerprint density at radius 1 is 1.15 bits per heavy atom. The van der Waals surface area contributed by atoms with Crippen molar-refractivity contribution in [2.24, 2.45) is 0 Å². The van der Waals surface area contributed by atoms with E-state index < -0.39 is 11.9 Å². The van der Waals surface area contributed by atoms with Crippen LogP contribution in [0.15, 0.2) is 36.4 Å². The summed E-state index contributed by atoms with van der Waals surface area (Å²) in [5, 5.41) is 3.17. The first-order valence-electron chi connectivity index (χ1n) is 8.16. The van der Waals surface area contributed by atoms with Crippen LogP contribution in [0.4, 0.5) is 5.69 Å². The van der Waals surface area contributed by atoms with Crippen LogP contribution in [0.5, 0.6) is 5.75 Å². The second kappa shape index (κ2) is 7.56. The molecule has 1 atom stereocenters. The third-order valence-electron chi connectivity index (χ3n) is 4.36. The molecule has 0 aromatic heterocycles. The Labute approximate surface area is 161 Å². The highest BCUT2D eigenvalue weighted by Gasteiger charge is 2.30. The summed E-state index contributed by atoms with van der Waals surface area (Å²) in [4.78, 5) is 27.2. The molecule has 26 heavy (non-hydrogen) atoms. The number of halogens is 2. The van der Waals surface area contributed by atoms with Gasteiger partial charge in [-0.05, 0) is 37.1 Å². The van der Waals surface area contributed by atoms with Crippen molar-refractivity contribution in [1.82, 2.24) is 5.32 Å². The van der Waals surface area contributed by atoms with Crippen LogP contribution in [0.1, 0.15) is 22.8 Å². The number of benzene rings is 2. The van der Waals surface area contributed by atoms with Crippen molar-refractivity contribution < 1.29 is 14.3 Å². The number of amides is 2. The van der Waals surface area contributed by atoms with E-state index in [1.54, 1.807) is 17.9 Å². The number of para-hydroxylation sites is 1. The molecule has 2 amide bonds. The minimum absolute atomic E-state index is 0.114. The molecule has 3 rings (SSSR count). The van der Waals surface area contributed by atoms with Gasteiger partial charge in [0.1, 0.15) is 11.6 Å². The molecule has 0 aliphatic carbocycles. The third kappa shape index (κ3) is 3.37. The molecule has 0 radical (unpaired) electrons. The van der Waals surface area contributed by atoms with E-state index in [9.17, 15) is 9.59 Å². The Hall–Kier alpha value is -2.24. The number of anilines is 1. The van der Waals surface area contributed by atoms with Gasteiger partial charge in [0.15, 0.2) is 5.75 Å². The predicted octanol–water partition coefficient (Wildman–Crippen LogP) is 3.71. The van der Waals surface area contributed by atoms with Gasteiger partial charge in [0, 0.05) is 12.2 Å². The maximum Gasteiger partial charge on any atom is 0.257 e. The Bertz CT molecular complexity index is 870. The molecule has 0 bridgehead atoms. The number of fused-ring (bicyclic) bond motifs is 1. The van der Waals surface area contributed by atoms with Crippen molar-refractivity contribution in [2.75, 3.05) is 18.6 Å². The third-order valence-corrected chi connectivity index (χ3v) is 4.97. The van der Waals surface area contributed by atoms with Gasteiger partial charge in [-0.1, -0.05) is 41.4 Å². The van der Waals surface area contributed by atoms with E-state index in [1.165, 1.54) is 13.2 Å². The van der Waals surface area contributed by atoms with Crippen molar-refractivity contribution in [2.45, 2.75) is 19.4 Å². The minimum Gasteiger partial charge on any atom is -0.494 e. The molecule has 1 aliphatic heterocycles. The zero-order valence-electron chi connectivity index (χ0n) is 14.4. The van der Waals surface area contributed by atoms with Crippen LogP contribution in [-0.4, -0.2) is 31.5 Å². The highest BCUT2D eigenvalue weighted by Crippen LogP contribution is 2.34. The van der Waals surface area contributed by atoms with Crippen molar-refractivity contribution in [3.8, 4) is 5.75 Å². The molecular weight excluding hydrogens is 375 g/mol. The fraction of sp³-hybridized carbons (Fsp3) is 0.263.